The lowest BCUT2D eigenvalue weighted by molar-refractivity contribution is -0.143. The zero-order valence-corrected chi connectivity index (χ0v) is 13.6. The summed E-state index contributed by atoms with van der Waals surface area (Å²) in [6.07, 6.45) is 9.19. The van der Waals surface area contributed by atoms with Crippen LogP contribution in [-0.4, -0.2) is 17.1 Å². The lowest BCUT2D eigenvalue weighted by Gasteiger charge is -2.24. The van der Waals surface area contributed by atoms with Crippen molar-refractivity contribution in [3.63, 3.8) is 0 Å². The summed E-state index contributed by atoms with van der Waals surface area (Å²) < 4.78 is 6.65. The molecule has 0 fully saturated rings. The Morgan fingerprint density at radius 1 is 1.23 bits per heavy atom. The van der Waals surface area contributed by atoms with E-state index in [0.29, 0.717) is 0 Å². The number of fused-ring (bicyclic) bond motifs is 1. The first-order chi connectivity index (χ1) is 10.7. The maximum Gasteiger partial charge on any atom is 0.331 e. The fourth-order valence-electron chi connectivity index (χ4n) is 2.63. The van der Waals surface area contributed by atoms with Crippen molar-refractivity contribution in [3.05, 3.63) is 70.0 Å². The number of esters is 1. The lowest BCUT2D eigenvalue weighted by Crippen LogP contribution is -2.24. The third kappa shape index (κ3) is 3.83. The summed E-state index contributed by atoms with van der Waals surface area (Å²) in [5.41, 5.74) is 3.55. The molecule has 1 aliphatic carbocycles. The van der Waals surface area contributed by atoms with Crippen molar-refractivity contribution in [2.24, 2.45) is 0 Å². The molecule has 1 unspecified atom stereocenters. The Morgan fingerprint density at radius 3 is 2.86 bits per heavy atom. The fourth-order valence-corrected chi connectivity index (χ4v) is 3.04. The number of halogens is 1. The second-order valence-corrected chi connectivity index (χ2v) is 6.24. The molecule has 1 aliphatic rings. The van der Waals surface area contributed by atoms with Gasteiger partial charge in [-0.1, -0.05) is 22.0 Å². The van der Waals surface area contributed by atoms with Crippen LogP contribution in [0.5, 0.6) is 0 Å². The molecule has 3 rings (SSSR count). The molecule has 0 amide bonds. The smallest absolute Gasteiger partial charge is 0.331 e. The second-order valence-electron chi connectivity index (χ2n) is 5.33. The van der Waals surface area contributed by atoms with Crippen LogP contribution in [0.15, 0.2) is 53.3 Å². The average Bonchev–Trinajstić information content (AvgIpc) is 2.54. The first kappa shape index (κ1) is 15.0. The van der Waals surface area contributed by atoms with Gasteiger partial charge >= 0.3 is 5.97 Å². The molecule has 3 nitrogen and oxygen atoms in total. The Morgan fingerprint density at radius 2 is 2.05 bits per heavy atom. The predicted molar refractivity (Wildman–Crippen MR) is 89.3 cm³/mol. The van der Waals surface area contributed by atoms with Gasteiger partial charge in [0, 0.05) is 29.4 Å². The number of benzene rings is 1. The van der Waals surface area contributed by atoms with Crippen molar-refractivity contribution >= 4 is 28.0 Å². The van der Waals surface area contributed by atoms with E-state index in [-0.39, 0.29) is 12.1 Å². The summed E-state index contributed by atoms with van der Waals surface area (Å²) in [5, 5.41) is 0. The molecule has 0 saturated carbocycles. The van der Waals surface area contributed by atoms with Crippen LogP contribution in [0.4, 0.5) is 0 Å². The van der Waals surface area contributed by atoms with Crippen LogP contribution in [0.2, 0.25) is 0 Å². The molecule has 4 heteroatoms. The van der Waals surface area contributed by atoms with E-state index in [4.69, 9.17) is 4.74 Å². The van der Waals surface area contributed by atoms with Crippen LogP contribution in [-0.2, 0) is 22.4 Å². The number of aromatic nitrogens is 1. The molecule has 0 bridgehead atoms. The average molecular weight is 358 g/mol. The SMILES string of the molecule is O=C(/C=C/c1ccncc1)OC1CCc2cc(Br)ccc2C1. The summed E-state index contributed by atoms with van der Waals surface area (Å²) in [4.78, 5) is 15.9. The molecule has 0 aliphatic heterocycles. The summed E-state index contributed by atoms with van der Waals surface area (Å²) in [6.45, 7) is 0. The highest BCUT2D eigenvalue weighted by Crippen LogP contribution is 2.26. The monoisotopic (exact) mass is 357 g/mol. The van der Waals surface area contributed by atoms with Crippen LogP contribution in [0.3, 0.4) is 0 Å². The first-order valence-electron chi connectivity index (χ1n) is 7.27. The van der Waals surface area contributed by atoms with Crippen molar-refractivity contribution in [1.29, 1.82) is 0 Å². The van der Waals surface area contributed by atoms with Crippen LogP contribution < -0.4 is 0 Å². The van der Waals surface area contributed by atoms with Gasteiger partial charge in [0.2, 0.25) is 0 Å². The Kier molecular flexibility index (Phi) is 4.68. The molecule has 2 aromatic rings. The Hall–Kier alpha value is -1.94. The van der Waals surface area contributed by atoms with Gasteiger partial charge in [0.05, 0.1) is 0 Å². The van der Waals surface area contributed by atoms with Crippen LogP contribution in [0.1, 0.15) is 23.1 Å². The van der Waals surface area contributed by atoms with E-state index in [1.807, 2.05) is 18.2 Å². The van der Waals surface area contributed by atoms with Crippen molar-refractivity contribution in [1.82, 2.24) is 4.98 Å². The summed E-state index contributed by atoms with van der Waals surface area (Å²) in [5.74, 6) is -0.289. The molecule has 0 saturated heterocycles. The van der Waals surface area contributed by atoms with Crippen LogP contribution in [0.25, 0.3) is 6.08 Å². The van der Waals surface area contributed by atoms with Crippen molar-refractivity contribution < 1.29 is 9.53 Å². The van der Waals surface area contributed by atoms with Crippen molar-refractivity contribution in [2.45, 2.75) is 25.4 Å². The third-order valence-electron chi connectivity index (χ3n) is 3.75. The van der Waals surface area contributed by atoms with Crippen molar-refractivity contribution in [2.75, 3.05) is 0 Å². The highest BCUT2D eigenvalue weighted by molar-refractivity contribution is 9.10. The zero-order chi connectivity index (χ0) is 15.4. The fraction of sp³-hybridized carbons (Fsp3) is 0.222. The molecule has 0 spiro atoms. The van der Waals surface area contributed by atoms with E-state index in [9.17, 15) is 4.79 Å². The Balaban J connectivity index is 1.59. The number of nitrogens with zero attached hydrogens (tertiary/aromatic N) is 1. The number of aryl methyl sites for hydroxylation is 1. The van der Waals surface area contributed by atoms with Gasteiger partial charge in [-0.15, -0.1) is 0 Å². The van der Waals surface area contributed by atoms with Gasteiger partial charge in [0.25, 0.3) is 0 Å². The molecule has 0 N–H and O–H groups in total. The van der Waals surface area contributed by atoms with Gasteiger partial charge in [0.15, 0.2) is 0 Å². The normalized spacial score (nSPS) is 17.2. The predicted octanol–water partition coefficient (Wildman–Crippen LogP) is 3.96. The highest BCUT2D eigenvalue weighted by Gasteiger charge is 2.21. The lowest BCUT2D eigenvalue weighted by atomic mass is 9.90. The molecular formula is C18H16BrNO2. The molecule has 1 atom stereocenters. The standard InChI is InChI=1S/C18H16BrNO2/c19-16-4-2-15-12-17(5-3-14(15)11-16)22-18(21)6-1-13-7-9-20-10-8-13/h1-2,4,6-11,17H,3,5,12H2/b6-1+. The number of carbonyl (C=O) groups excluding carboxylic acids is 1. The summed E-state index contributed by atoms with van der Waals surface area (Å²) >= 11 is 3.49. The Labute approximate surface area is 138 Å². The van der Waals surface area contributed by atoms with Crippen molar-refractivity contribution in [3.8, 4) is 0 Å². The number of ether oxygens (including phenoxy) is 1. The van der Waals surface area contributed by atoms with Gasteiger partial charge < -0.3 is 4.74 Å². The maximum absolute atomic E-state index is 11.9. The van der Waals surface area contributed by atoms with Gasteiger partial charge in [-0.25, -0.2) is 4.79 Å². The second kappa shape index (κ2) is 6.88. The number of rotatable bonds is 3. The van der Waals surface area contributed by atoms with Gasteiger partial charge in [0.1, 0.15) is 6.10 Å². The van der Waals surface area contributed by atoms with Gasteiger partial charge in [-0.05, 0) is 59.9 Å². The molecule has 1 aromatic carbocycles. The van der Waals surface area contributed by atoms with E-state index in [1.165, 1.54) is 17.2 Å². The number of carbonyl (C=O) groups is 1. The largest absolute Gasteiger partial charge is 0.459 e. The quantitative estimate of drug-likeness (QED) is 0.616. The third-order valence-corrected chi connectivity index (χ3v) is 4.25. The van der Waals surface area contributed by atoms with E-state index >= 15 is 0 Å². The van der Waals surface area contributed by atoms with Crippen LogP contribution in [0, 0.1) is 0 Å². The summed E-state index contributed by atoms with van der Waals surface area (Å²) in [6, 6.07) is 9.98. The minimum atomic E-state index is -0.289. The zero-order valence-electron chi connectivity index (χ0n) is 12.0. The van der Waals surface area contributed by atoms with Crippen LogP contribution >= 0.6 is 15.9 Å². The molecule has 0 radical (unpaired) electrons. The number of hydrogen-bond acceptors (Lipinski definition) is 3. The molecule has 22 heavy (non-hydrogen) atoms. The van der Waals surface area contributed by atoms with Gasteiger partial charge in [-0.3, -0.25) is 4.98 Å². The van der Waals surface area contributed by atoms with E-state index in [0.717, 1.165) is 29.3 Å². The minimum Gasteiger partial charge on any atom is -0.459 e. The number of pyridine rings is 1. The van der Waals surface area contributed by atoms with E-state index in [2.05, 4.69) is 33.0 Å². The topological polar surface area (TPSA) is 39.2 Å². The molecular weight excluding hydrogens is 342 g/mol. The number of hydrogen-bond donors (Lipinski definition) is 0. The highest BCUT2D eigenvalue weighted by atomic mass is 79.9. The molecule has 1 aromatic heterocycles. The molecule has 1 heterocycles. The minimum absolute atomic E-state index is 0.0386. The van der Waals surface area contributed by atoms with E-state index < -0.39 is 0 Å². The van der Waals surface area contributed by atoms with Gasteiger partial charge in [-0.2, -0.15) is 0 Å². The maximum atomic E-state index is 11.9. The van der Waals surface area contributed by atoms with E-state index in [1.54, 1.807) is 18.5 Å². The Bertz CT molecular complexity index is 697. The molecule has 112 valence electrons. The summed E-state index contributed by atoms with van der Waals surface area (Å²) in [7, 11) is 0. The first-order valence-corrected chi connectivity index (χ1v) is 8.06.